The molecule has 2 N–H and O–H groups in total. The Labute approximate surface area is 155 Å². The Bertz CT molecular complexity index is 806. The molecule has 26 heavy (non-hydrogen) atoms. The van der Waals surface area contributed by atoms with Crippen molar-refractivity contribution in [3.8, 4) is 5.75 Å². The maximum atomic E-state index is 12.3. The van der Waals surface area contributed by atoms with Crippen molar-refractivity contribution >= 4 is 35.1 Å². The number of Topliss-reactive ketones (excluding diaryl/α,β-unsaturated/α-hetero) is 1. The Kier molecular flexibility index (Phi) is 7.23. The van der Waals surface area contributed by atoms with Gasteiger partial charge >= 0.3 is 5.97 Å². The molecule has 0 atom stereocenters. The third-order valence-corrected chi connectivity index (χ3v) is 4.44. The molecule has 136 valence electrons. The third kappa shape index (κ3) is 6.25. The summed E-state index contributed by atoms with van der Waals surface area (Å²) in [7, 11) is 1.55. The molecule has 0 heterocycles. The molecule has 0 fully saturated rings. The van der Waals surface area contributed by atoms with Crippen molar-refractivity contribution in [2.75, 3.05) is 18.2 Å². The second kappa shape index (κ2) is 9.62. The number of carbonyl (C=O) groups excluding carboxylic acids is 2. The number of thioether (sulfide) groups is 1. The highest BCUT2D eigenvalue weighted by molar-refractivity contribution is 8.00. The second-order valence-electron chi connectivity index (χ2n) is 5.41. The van der Waals surface area contributed by atoms with Gasteiger partial charge in [-0.3, -0.25) is 14.4 Å². The number of nitrogens with one attached hydrogen (secondary N) is 1. The van der Waals surface area contributed by atoms with Crippen LogP contribution < -0.4 is 10.1 Å². The second-order valence-corrected chi connectivity index (χ2v) is 6.46. The van der Waals surface area contributed by atoms with Crippen LogP contribution in [0, 0.1) is 0 Å². The van der Waals surface area contributed by atoms with Crippen LogP contribution in [0.5, 0.6) is 5.75 Å². The van der Waals surface area contributed by atoms with Gasteiger partial charge in [0.05, 0.1) is 19.3 Å². The van der Waals surface area contributed by atoms with Crippen LogP contribution in [0.15, 0.2) is 53.4 Å². The number of benzene rings is 2. The monoisotopic (exact) mass is 373 g/mol. The summed E-state index contributed by atoms with van der Waals surface area (Å²) in [6, 6.07) is 14.1. The van der Waals surface area contributed by atoms with E-state index in [1.165, 1.54) is 11.8 Å². The van der Waals surface area contributed by atoms with E-state index in [9.17, 15) is 14.4 Å². The Morgan fingerprint density at radius 1 is 1.08 bits per heavy atom. The number of ketones is 1. The molecule has 7 heteroatoms. The zero-order valence-corrected chi connectivity index (χ0v) is 15.0. The van der Waals surface area contributed by atoms with Crippen molar-refractivity contribution in [2.24, 2.45) is 0 Å². The molecule has 2 rings (SSSR count). The predicted molar refractivity (Wildman–Crippen MR) is 100.0 cm³/mol. The van der Waals surface area contributed by atoms with E-state index >= 15 is 0 Å². The van der Waals surface area contributed by atoms with Crippen LogP contribution in [0.1, 0.15) is 23.2 Å². The Morgan fingerprint density at radius 3 is 2.58 bits per heavy atom. The lowest BCUT2D eigenvalue weighted by atomic mass is 10.1. The fourth-order valence-corrected chi connectivity index (χ4v) is 2.99. The van der Waals surface area contributed by atoms with Crippen LogP contribution in [0.3, 0.4) is 0 Å². The molecule has 2 aromatic carbocycles. The van der Waals surface area contributed by atoms with Crippen LogP contribution in [-0.4, -0.2) is 35.6 Å². The highest BCUT2D eigenvalue weighted by Gasteiger charge is 2.09. The molecular formula is C19H19NO5S. The quantitative estimate of drug-likeness (QED) is 0.516. The van der Waals surface area contributed by atoms with E-state index in [1.54, 1.807) is 49.6 Å². The largest absolute Gasteiger partial charge is 0.497 e. The summed E-state index contributed by atoms with van der Waals surface area (Å²) in [6.45, 7) is 0. The smallest absolute Gasteiger partial charge is 0.303 e. The first kappa shape index (κ1) is 19.5. The van der Waals surface area contributed by atoms with E-state index in [2.05, 4.69) is 5.32 Å². The van der Waals surface area contributed by atoms with E-state index in [-0.39, 0.29) is 30.3 Å². The minimum Gasteiger partial charge on any atom is -0.497 e. The number of hydrogen-bond donors (Lipinski definition) is 2. The van der Waals surface area contributed by atoms with E-state index in [0.29, 0.717) is 17.0 Å². The molecule has 0 aliphatic rings. The third-order valence-electron chi connectivity index (χ3n) is 3.45. The van der Waals surface area contributed by atoms with Gasteiger partial charge in [0.25, 0.3) is 0 Å². The van der Waals surface area contributed by atoms with Crippen molar-refractivity contribution in [1.29, 1.82) is 0 Å². The van der Waals surface area contributed by atoms with Gasteiger partial charge in [0.1, 0.15) is 5.75 Å². The lowest BCUT2D eigenvalue weighted by molar-refractivity contribution is -0.138. The van der Waals surface area contributed by atoms with E-state index in [1.807, 2.05) is 6.07 Å². The van der Waals surface area contributed by atoms with Crippen LogP contribution >= 0.6 is 11.8 Å². The van der Waals surface area contributed by atoms with Gasteiger partial charge in [0, 0.05) is 22.6 Å². The van der Waals surface area contributed by atoms with Crippen LogP contribution in [0.25, 0.3) is 0 Å². The molecule has 6 nitrogen and oxygen atoms in total. The topological polar surface area (TPSA) is 92.7 Å². The van der Waals surface area contributed by atoms with Gasteiger partial charge in [0.15, 0.2) is 5.78 Å². The van der Waals surface area contributed by atoms with E-state index in [4.69, 9.17) is 9.84 Å². The molecule has 0 spiro atoms. The molecule has 0 bridgehead atoms. The lowest BCUT2D eigenvalue weighted by Crippen LogP contribution is -2.13. The SMILES string of the molecule is COc1cccc(C(=O)CSc2cccc(NC(=O)CCC(=O)O)c2)c1. The highest BCUT2D eigenvalue weighted by Crippen LogP contribution is 2.23. The van der Waals surface area contributed by atoms with Gasteiger partial charge in [-0.1, -0.05) is 18.2 Å². The summed E-state index contributed by atoms with van der Waals surface area (Å²) in [5.41, 5.74) is 1.15. The van der Waals surface area contributed by atoms with Gasteiger partial charge in [-0.15, -0.1) is 11.8 Å². The Balaban J connectivity index is 1.92. The number of carboxylic acid groups (broad SMARTS) is 1. The minimum absolute atomic E-state index is 0.0233. The Hall–Kier alpha value is -2.80. The number of hydrogen-bond acceptors (Lipinski definition) is 5. The summed E-state index contributed by atoms with van der Waals surface area (Å²) >= 11 is 1.36. The van der Waals surface area contributed by atoms with Crippen molar-refractivity contribution in [1.82, 2.24) is 0 Å². The molecule has 0 radical (unpaired) electrons. The highest BCUT2D eigenvalue weighted by atomic mass is 32.2. The standard InChI is InChI=1S/C19H19NO5S/c1-25-15-6-2-4-13(10-15)17(21)12-26-16-7-3-5-14(11-16)20-18(22)8-9-19(23)24/h2-7,10-11H,8-9,12H2,1H3,(H,20,22)(H,23,24). The number of carbonyl (C=O) groups is 3. The van der Waals surface area contributed by atoms with Gasteiger partial charge in [-0.25, -0.2) is 0 Å². The summed E-state index contributed by atoms with van der Waals surface area (Å²) in [6.07, 6.45) is -0.295. The van der Waals surface area contributed by atoms with Crippen molar-refractivity contribution in [3.63, 3.8) is 0 Å². The minimum atomic E-state index is -1.01. The molecule has 2 aromatic rings. The van der Waals surface area contributed by atoms with Gasteiger partial charge in [0.2, 0.25) is 5.91 Å². The normalized spacial score (nSPS) is 10.2. The average Bonchev–Trinajstić information content (AvgIpc) is 2.64. The first-order valence-corrected chi connectivity index (χ1v) is 8.88. The predicted octanol–water partition coefficient (Wildman–Crippen LogP) is 3.47. The number of anilines is 1. The molecule has 0 saturated heterocycles. The summed E-state index contributed by atoms with van der Waals surface area (Å²) < 4.78 is 5.12. The van der Waals surface area contributed by atoms with Gasteiger partial charge < -0.3 is 15.2 Å². The first-order valence-electron chi connectivity index (χ1n) is 7.89. The van der Waals surface area contributed by atoms with E-state index < -0.39 is 5.97 Å². The van der Waals surface area contributed by atoms with E-state index in [0.717, 1.165) is 4.90 Å². The number of methoxy groups -OCH3 is 1. The van der Waals surface area contributed by atoms with Crippen LogP contribution in [0.4, 0.5) is 5.69 Å². The maximum Gasteiger partial charge on any atom is 0.303 e. The van der Waals surface area contributed by atoms with Gasteiger partial charge in [-0.05, 0) is 30.3 Å². The molecule has 0 aromatic heterocycles. The number of aliphatic carboxylic acids is 1. The van der Waals surface area contributed by atoms with Crippen molar-refractivity contribution < 1.29 is 24.2 Å². The fourth-order valence-electron chi connectivity index (χ4n) is 2.14. The van der Waals surface area contributed by atoms with Crippen molar-refractivity contribution in [2.45, 2.75) is 17.7 Å². The fraction of sp³-hybridized carbons (Fsp3) is 0.211. The zero-order valence-electron chi connectivity index (χ0n) is 14.2. The summed E-state index contributed by atoms with van der Waals surface area (Å²) in [5.74, 6) is -0.511. The Morgan fingerprint density at radius 2 is 1.85 bits per heavy atom. The van der Waals surface area contributed by atoms with Gasteiger partial charge in [-0.2, -0.15) is 0 Å². The zero-order chi connectivity index (χ0) is 18.9. The molecule has 1 amide bonds. The number of ether oxygens (including phenoxy) is 1. The molecule has 0 unspecified atom stereocenters. The average molecular weight is 373 g/mol. The molecule has 0 aliphatic carbocycles. The number of amides is 1. The molecule has 0 aliphatic heterocycles. The van der Waals surface area contributed by atoms with Crippen LogP contribution in [0.2, 0.25) is 0 Å². The summed E-state index contributed by atoms with van der Waals surface area (Å²) in [5, 5.41) is 11.3. The van der Waals surface area contributed by atoms with Crippen molar-refractivity contribution in [3.05, 3.63) is 54.1 Å². The molecular weight excluding hydrogens is 354 g/mol. The number of rotatable bonds is 9. The first-order chi connectivity index (χ1) is 12.5. The van der Waals surface area contributed by atoms with Crippen LogP contribution in [-0.2, 0) is 9.59 Å². The molecule has 0 saturated carbocycles. The lowest BCUT2D eigenvalue weighted by Gasteiger charge is -2.07. The maximum absolute atomic E-state index is 12.3. The number of carboxylic acids is 1. The summed E-state index contributed by atoms with van der Waals surface area (Å²) in [4.78, 5) is 35.3.